The van der Waals surface area contributed by atoms with Crippen LogP contribution in [-0.2, 0) is 4.79 Å². The number of carbonyl (C=O) groups is 1. The first-order valence-electron chi connectivity index (χ1n) is 5.71. The third kappa shape index (κ3) is 3.01. The topological polar surface area (TPSA) is 68.2 Å². The highest BCUT2D eigenvalue weighted by molar-refractivity contribution is 5.78. The lowest BCUT2D eigenvalue weighted by Crippen LogP contribution is -2.35. The predicted octanol–water partition coefficient (Wildman–Crippen LogP) is 1.62. The maximum Gasteiger partial charge on any atom is 0.326 e. The van der Waals surface area contributed by atoms with Crippen LogP contribution >= 0.6 is 0 Å². The van der Waals surface area contributed by atoms with Gasteiger partial charge in [-0.2, -0.15) is 0 Å². The third-order valence-electron chi connectivity index (χ3n) is 3.00. The van der Waals surface area contributed by atoms with E-state index in [1.807, 2.05) is 0 Å². The summed E-state index contributed by atoms with van der Waals surface area (Å²) in [7, 11) is 6.24. The number of carboxylic acids is 1. The SMILES string of the molecule is COc1cc(N(C)C(C)C(=O)O)cc(OC)c1OC. The van der Waals surface area contributed by atoms with E-state index >= 15 is 0 Å². The van der Waals surface area contributed by atoms with E-state index < -0.39 is 12.0 Å². The molecule has 0 aliphatic carbocycles. The molecule has 6 heteroatoms. The molecule has 0 aliphatic heterocycles. The molecule has 0 amide bonds. The van der Waals surface area contributed by atoms with Crippen LogP contribution < -0.4 is 19.1 Å². The molecular formula is C13H19NO5. The van der Waals surface area contributed by atoms with E-state index in [-0.39, 0.29) is 0 Å². The Morgan fingerprint density at radius 3 is 1.95 bits per heavy atom. The summed E-state index contributed by atoms with van der Waals surface area (Å²) in [6, 6.07) is 2.75. The highest BCUT2D eigenvalue weighted by atomic mass is 16.5. The van der Waals surface area contributed by atoms with Gasteiger partial charge in [0, 0.05) is 24.9 Å². The first-order valence-corrected chi connectivity index (χ1v) is 5.71. The molecule has 0 radical (unpaired) electrons. The van der Waals surface area contributed by atoms with Crippen molar-refractivity contribution in [2.45, 2.75) is 13.0 Å². The van der Waals surface area contributed by atoms with E-state index in [0.717, 1.165) is 0 Å². The van der Waals surface area contributed by atoms with Gasteiger partial charge in [-0.3, -0.25) is 0 Å². The normalized spacial score (nSPS) is 11.6. The number of carboxylic acid groups (broad SMARTS) is 1. The molecule has 0 fully saturated rings. The maximum absolute atomic E-state index is 11.0. The number of anilines is 1. The smallest absolute Gasteiger partial charge is 0.326 e. The van der Waals surface area contributed by atoms with Crippen molar-refractivity contribution in [2.24, 2.45) is 0 Å². The van der Waals surface area contributed by atoms with Crippen molar-refractivity contribution in [1.29, 1.82) is 0 Å². The van der Waals surface area contributed by atoms with Gasteiger partial charge in [0.15, 0.2) is 11.5 Å². The van der Waals surface area contributed by atoms with Crippen molar-refractivity contribution >= 4 is 11.7 Å². The van der Waals surface area contributed by atoms with Crippen molar-refractivity contribution in [1.82, 2.24) is 0 Å². The van der Waals surface area contributed by atoms with Gasteiger partial charge in [0.25, 0.3) is 0 Å². The molecule has 0 saturated carbocycles. The van der Waals surface area contributed by atoms with Crippen LogP contribution in [0.2, 0.25) is 0 Å². The zero-order chi connectivity index (χ0) is 14.6. The van der Waals surface area contributed by atoms with Gasteiger partial charge in [-0.05, 0) is 6.92 Å². The van der Waals surface area contributed by atoms with Gasteiger partial charge in [-0.25, -0.2) is 4.79 Å². The third-order valence-corrected chi connectivity index (χ3v) is 3.00. The first kappa shape index (κ1) is 14.9. The summed E-state index contributed by atoms with van der Waals surface area (Å²) in [6.45, 7) is 1.60. The molecule has 0 spiro atoms. The number of nitrogens with zero attached hydrogens (tertiary/aromatic N) is 1. The summed E-state index contributed by atoms with van der Waals surface area (Å²) in [5.41, 5.74) is 0.671. The average molecular weight is 269 g/mol. The zero-order valence-corrected chi connectivity index (χ0v) is 11.8. The van der Waals surface area contributed by atoms with Crippen molar-refractivity contribution in [3.63, 3.8) is 0 Å². The van der Waals surface area contributed by atoms with Crippen LogP contribution in [0, 0.1) is 0 Å². The molecule has 0 saturated heterocycles. The number of methoxy groups -OCH3 is 3. The highest BCUT2D eigenvalue weighted by Crippen LogP contribution is 2.41. The summed E-state index contributed by atoms with van der Waals surface area (Å²) in [5, 5.41) is 9.04. The molecular weight excluding hydrogens is 250 g/mol. The summed E-state index contributed by atoms with van der Waals surface area (Å²) >= 11 is 0. The van der Waals surface area contributed by atoms with Gasteiger partial charge < -0.3 is 24.2 Å². The molecule has 106 valence electrons. The highest BCUT2D eigenvalue weighted by Gasteiger charge is 2.21. The van der Waals surface area contributed by atoms with Gasteiger partial charge in [-0.15, -0.1) is 0 Å². The number of hydrogen-bond acceptors (Lipinski definition) is 5. The van der Waals surface area contributed by atoms with E-state index in [2.05, 4.69) is 0 Å². The van der Waals surface area contributed by atoms with Crippen LogP contribution in [-0.4, -0.2) is 45.5 Å². The Bertz CT molecular complexity index is 435. The second-order valence-electron chi connectivity index (χ2n) is 4.01. The lowest BCUT2D eigenvalue weighted by Gasteiger charge is -2.25. The molecule has 0 aromatic heterocycles. The maximum atomic E-state index is 11.0. The molecule has 19 heavy (non-hydrogen) atoms. The molecule has 6 nitrogen and oxygen atoms in total. The fourth-order valence-corrected chi connectivity index (χ4v) is 1.66. The second kappa shape index (κ2) is 6.17. The molecule has 1 rings (SSSR count). The van der Waals surface area contributed by atoms with E-state index in [4.69, 9.17) is 19.3 Å². The Hall–Kier alpha value is -2.11. The van der Waals surface area contributed by atoms with Crippen molar-refractivity contribution in [3.05, 3.63) is 12.1 Å². The molecule has 0 bridgehead atoms. The number of aliphatic carboxylic acids is 1. The van der Waals surface area contributed by atoms with Gasteiger partial charge >= 0.3 is 5.97 Å². The zero-order valence-electron chi connectivity index (χ0n) is 11.8. The van der Waals surface area contributed by atoms with Gasteiger partial charge in [0.05, 0.1) is 21.3 Å². The number of benzene rings is 1. The monoisotopic (exact) mass is 269 g/mol. The lowest BCUT2D eigenvalue weighted by atomic mass is 10.2. The number of rotatable bonds is 6. The van der Waals surface area contributed by atoms with E-state index in [0.29, 0.717) is 22.9 Å². The van der Waals surface area contributed by atoms with Crippen molar-refractivity contribution < 1.29 is 24.1 Å². The summed E-state index contributed by atoms with van der Waals surface area (Å²) in [6.07, 6.45) is 0. The fraction of sp³-hybridized carbons (Fsp3) is 0.462. The van der Waals surface area contributed by atoms with Crippen molar-refractivity contribution in [2.75, 3.05) is 33.3 Å². The van der Waals surface area contributed by atoms with Gasteiger partial charge in [0.2, 0.25) is 5.75 Å². The van der Waals surface area contributed by atoms with Gasteiger partial charge in [-0.1, -0.05) is 0 Å². The van der Waals surface area contributed by atoms with Gasteiger partial charge in [0.1, 0.15) is 6.04 Å². The van der Waals surface area contributed by atoms with Crippen LogP contribution in [0.1, 0.15) is 6.92 Å². The molecule has 1 atom stereocenters. The standard InChI is InChI=1S/C13H19NO5/c1-8(13(15)16)14(2)9-6-10(17-3)12(19-5)11(7-9)18-4/h6-8H,1-5H3,(H,15,16). The Labute approximate surface area is 112 Å². The number of ether oxygens (including phenoxy) is 3. The number of likely N-dealkylation sites (N-methyl/N-ethyl adjacent to an activating group) is 1. The first-order chi connectivity index (χ1) is 8.96. The quantitative estimate of drug-likeness (QED) is 0.846. The molecule has 1 unspecified atom stereocenters. The Kier molecular flexibility index (Phi) is 4.86. The molecule has 1 aromatic carbocycles. The number of hydrogen-bond donors (Lipinski definition) is 1. The lowest BCUT2D eigenvalue weighted by molar-refractivity contribution is -0.138. The minimum atomic E-state index is -0.906. The molecule has 0 heterocycles. The van der Waals surface area contributed by atoms with Crippen molar-refractivity contribution in [3.8, 4) is 17.2 Å². The van der Waals surface area contributed by atoms with Crippen LogP contribution in [0.5, 0.6) is 17.2 Å². The van der Waals surface area contributed by atoms with E-state index in [1.165, 1.54) is 21.3 Å². The minimum Gasteiger partial charge on any atom is -0.493 e. The van der Waals surface area contributed by atoms with Crippen LogP contribution in [0.15, 0.2) is 12.1 Å². The second-order valence-corrected chi connectivity index (χ2v) is 4.01. The van der Waals surface area contributed by atoms with E-state index in [1.54, 1.807) is 31.0 Å². The Morgan fingerprint density at radius 1 is 1.16 bits per heavy atom. The Balaban J connectivity index is 3.26. The molecule has 0 aliphatic rings. The molecule has 1 aromatic rings. The summed E-state index contributed by atoms with van der Waals surface area (Å²) < 4.78 is 15.7. The van der Waals surface area contributed by atoms with E-state index in [9.17, 15) is 4.79 Å². The summed E-state index contributed by atoms with van der Waals surface area (Å²) in [5.74, 6) is 0.545. The molecule has 1 N–H and O–H groups in total. The largest absolute Gasteiger partial charge is 0.493 e. The Morgan fingerprint density at radius 2 is 1.63 bits per heavy atom. The average Bonchev–Trinajstić information content (AvgIpc) is 2.43. The predicted molar refractivity (Wildman–Crippen MR) is 71.6 cm³/mol. The fourth-order valence-electron chi connectivity index (χ4n) is 1.66. The minimum absolute atomic E-state index is 0.477. The van der Waals surface area contributed by atoms with Crippen LogP contribution in [0.4, 0.5) is 5.69 Å². The summed E-state index contributed by atoms with van der Waals surface area (Å²) in [4.78, 5) is 12.6. The van der Waals surface area contributed by atoms with Crippen LogP contribution in [0.3, 0.4) is 0 Å². The van der Waals surface area contributed by atoms with Crippen LogP contribution in [0.25, 0.3) is 0 Å².